The Kier molecular flexibility index (Phi) is 35.5. The molecule has 0 unspecified atom stereocenters. The number of hydrogen-bond donors (Lipinski definition) is 0. The molecular formula is C33H54CrO9Si2. The number of rotatable bonds is 14. The number of allylic oxidation sites excluding steroid dienone is 1. The Morgan fingerprint density at radius 1 is 0.733 bits per heavy atom. The van der Waals surface area contributed by atoms with Gasteiger partial charge in [0.2, 0.25) is 0 Å². The molecule has 0 bridgehead atoms. The normalized spacial score (nSPS) is 16.4. The zero-order valence-electron chi connectivity index (χ0n) is 29.3. The molecule has 12 heteroatoms. The van der Waals surface area contributed by atoms with Gasteiger partial charge in [-0.3, -0.25) is 0 Å². The van der Waals surface area contributed by atoms with Crippen molar-refractivity contribution in [3.8, 4) is 0 Å². The fourth-order valence-corrected chi connectivity index (χ4v) is 17.9. The quantitative estimate of drug-likeness (QED) is 0.103. The van der Waals surface area contributed by atoms with Crippen LogP contribution in [-0.4, -0.2) is 46.6 Å². The van der Waals surface area contributed by atoms with Crippen molar-refractivity contribution in [3.63, 3.8) is 0 Å². The van der Waals surface area contributed by atoms with Crippen LogP contribution in [0, 0.1) is 33.3 Å². The zero-order valence-corrected chi connectivity index (χ0v) is 32.6. The van der Waals surface area contributed by atoms with E-state index >= 15 is 0 Å². The van der Waals surface area contributed by atoms with Gasteiger partial charge in [0.25, 0.3) is 0 Å². The molecule has 1 rings (SSSR count). The Balaban J connectivity index is -0.000000482. The molecule has 45 heavy (non-hydrogen) atoms. The summed E-state index contributed by atoms with van der Waals surface area (Å²) in [5.74, 6) is 0.789. The van der Waals surface area contributed by atoms with E-state index in [1.165, 1.54) is 0 Å². The first kappa shape index (κ1) is 53.2. The SMILES string of the molecule is CCO[C](=[Cr])/C=C1/C=C[C@H](O[Si](C(C)C)(C(C)C)C(C)C)[C@@H](CO[Si](C(C)C)(C(C)C)C(C)C)O1.[C-]#[O+].[C-]#[O+].[C-]#[O+].[C-]#[O+].[C-]#[O+]. The van der Waals surface area contributed by atoms with Crippen LogP contribution in [0.1, 0.15) is 90.0 Å². The van der Waals surface area contributed by atoms with Gasteiger partial charge in [-0.2, -0.15) is 0 Å². The number of hydrogen-bond acceptors (Lipinski definition) is 4. The predicted molar refractivity (Wildman–Crippen MR) is 171 cm³/mol. The molecule has 0 amide bonds. The molecule has 0 saturated heterocycles. The third-order valence-electron chi connectivity index (χ3n) is 7.90. The average molecular weight is 703 g/mol. The van der Waals surface area contributed by atoms with Crippen LogP contribution in [0.3, 0.4) is 0 Å². The molecule has 9 nitrogen and oxygen atoms in total. The van der Waals surface area contributed by atoms with E-state index in [2.05, 4.69) is 138 Å². The summed E-state index contributed by atoms with van der Waals surface area (Å²) in [7, 11) is -4.13. The van der Waals surface area contributed by atoms with Crippen molar-refractivity contribution in [2.75, 3.05) is 13.2 Å². The van der Waals surface area contributed by atoms with E-state index < -0.39 is 16.6 Å². The van der Waals surface area contributed by atoms with Crippen LogP contribution in [0.2, 0.25) is 33.2 Å². The van der Waals surface area contributed by atoms with Crippen LogP contribution in [0.25, 0.3) is 0 Å². The molecule has 0 aromatic heterocycles. The molecule has 0 aliphatic carbocycles. The van der Waals surface area contributed by atoms with Gasteiger partial charge in [-0.15, -0.1) is 0 Å². The van der Waals surface area contributed by atoms with Gasteiger partial charge < -0.3 is 0 Å². The van der Waals surface area contributed by atoms with Crippen LogP contribution >= 0.6 is 0 Å². The van der Waals surface area contributed by atoms with E-state index in [1.54, 1.807) is 0 Å². The molecule has 0 spiro atoms. The Morgan fingerprint density at radius 2 is 1.09 bits per heavy atom. The maximum atomic E-state index is 7.50. The molecule has 0 radical (unpaired) electrons. The minimum absolute atomic E-state index is 0.124. The first-order chi connectivity index (χ1) is 21.2. The Hall–Kier alpha value is -1.30. The molecule has 0 aromatic carbocycles. The first-order valence-electron chi connectivity index (χ1n) is 14.7. The van der Waals surface area contributed by atoms with Crippen LogP contribution in [0.5, 0.6) is 0 Å². The zero-order chi connectivity index (χ0) is 37.1. The summed E-state index contributed by atoms with van der Waals surface area (Å²) in [4.78, 5) is 0. The maximum absolute atomic E-state index is 7.50. The first-order valence-corrected chi connectivity index (χ1v) is 19.6. The summed E-state index contributed by atoms with van der Waals surface area (Å²) in [6.07, 6.45) is 5.85. The van der Waals surface area contributed by atoms with Crippen molar-refractivity contribution in [2.24, 2.45) is 0 Å². The van der Waals surface area contributed by atoms with Crippen molar-refractivity contribution in [1.29, 1.82) is 0 Å². The summed E-state index contributed by atoms with van der Waals surface area (Å²) in [6.45, 7) is 53.6. The monoisotopic (exact) mass is 702 g/mol. The Labute approximate surface area is 283 Å². The Bertz CT molecular complexity index is 868. The van der Waals surface area contributed by atoms with Gasteiger partial charge in [0.05, 0.1) is 0 Å². The van der Waals surface area contributed by atoms with Crippen molar-refractivity contribution in [2.45, 2.75) is 135 Å². The van der Waals surface area contributed by atoms with Gasteiger partial charge in [0, 0.05) is 0 Å². The van der Waals surface area contributed by atoms with E-state index in [1.807, 2.05) is 19.1 Å². The van der Waals surface area contributed by atoms with Crippen LogP contribution in [0.15, 0.2) is 24.0 Å². The standard InChI is InChI=1S/C28H54O4Si2.5CO.Cr/c1-14-29-18-17-26-15-16-27(32-34(23(8)9,24(10)11)25(12)13)28(31-26)19-30-33(20(2)3,21(4)5)22(6)7;5*1-2;/h15-17,20-25,27-28H,14,19H2,1-13H3;;;;;;/b26-17-;;;;;;/t27-,28+;;;;;;/m0....../s1. The minimum atomic E-state index is -2.09. The van der Waals surface area contributed by atoms with Gasteiger partial charge in [-0.1, -0.05) is 0 Å². The fourth-order valence-electron chi connectivity index (χ4n) is 6.59. The van der Waals surface area contributed by atoms with Crippen molar-refractivity contribution in [3.05, 3.63) is 57.2 Å². The van der Waals surface area contributed by atoms with Gasteiger partial charge in [-0.25, -0.2) is 0 Å². The summed E-state index contributed by atoms with van der Waals surface area (Å²) in [5.41, 5.74) is 3.09. The van der Waals surface area contributed by atoms with E-state index in [0.717, 1.165) is 10.3 Å². The van der Waals surface area contributed by atoms with Crippen LogP contribution in [0.4, 0.5) is 0 Å². The van der Waals surface area contributed by atoms with Crippen molar-refractivity contribution in [1.82, 2.24) is 0 Å². The average Bonchev–Trinajstić information content (AvgIpc) is 3.01. The molecule has 254 valence electrons. The van der Waals surface area contributed by atoms with Crippen molar-refractivity contribution < 1.29 is 57.4 Å². The molecule has 2 atom stereocenters. The van der Waals surface area contributed by atoms with E-state index in [9.17, 15) is 0 Å². The molecule has 0 saturated carbocycles. The van der Waals surface area contributed by atoms with Crippen LogP contribution < -0.4 is 0 Å². The second-order valence-electron chi connectivity index (χ2n) is 11.8. The summed E-state index contributed by atoms with van der Waals surface area (Å²) >= 11 is 2.99. The van der Waals surface area contributed by atoms with Gasteiger partial charge in [0.15, 0.2) is 0 Å². The molecule has 1 aliphatic rings. The number of ether oxygens (including phenoxy) is 2. The molecule has 0 fully saturated rings. The Morgan fingerprint density at radius 3 is 1.40 bits per heavy atom. The molecular weight excluding hydrogens is 649 g/mol. The topological polar surface area (TPSA) is 136 Å². The molecule has 0 aromatic rings. The fraction of sp³-hybridized carbons (Fsp3) is 0.697. The second-order valence-corrected chi connectivity index (χ2v) is 23.3. The summed E-state index contributed by atoms with van der Waals surface area (Å²) < 4.78 is 64.7. The second kappa shape index (κ2) is 30.1. The summed E-state index contributed by atoms with van der Waals surface area (Å²) in [6, 6.07) is 0. The van der Waals surface area contributed by atoms with Gasteiger partial charge in [-0.05, 0) is 0 Å². The molecule has 0 N–H and O–H groups in total. The van der Waals surface area contributed by atoms with Crippen LogP contribution in [-0.2, 0) is 57.4 Å². The third-order valence-corrected chi connectivity index (χ3v) is 20.4. The van der Waals surface area contributed by atoms with Gasteiger partial charge >= 0.3 is 285 Å². The van der Waals surface area contributed by atoms with E-state index in [0.29, 0.717) is 46.5 Å². The van der Waals surface area contributed by atoms with Crippen molar-refractivity contribution >= 4 is 21.2 Å². The summed E-state index contributed by atoms with van der Waals surface area (Å²) in [5, 5.41) is 0. The van der Waals surface area contributed by atoms with E-state index in [-0.39, 0.29) is 12.2 Å². The molecule has 1 aliphatic heterocycles. The van der Waals surface area contributed by atoms with Gasteiger partial charge in [0.1, 0.15) is 0 Å². The third kappa shape index (κ3) is 16.4. The predicted octanol–water partition coefficient (Wildman–Crippen LogP) is 8.10. The van der Waals surface area contributed by atoms with E-state index in [4.69, 9.17) is 41.6 Å². The molecule has 1 heterocycles.